The minimum absolute atomic E-state index is 0.182. The largest absolute Gasteiger partial charge is 0.478 e. The number of carbonyl (C=O) groups is 1. The highest BCUT2D eigenvalue weighted by Crippen LogP contribution is 2.28. The highest BCUT2D eigenvalue weighted by Gasteiger charge is 2.14. The van der Waals surface area contributed by atoms with Gasteiger partial charge in [0.1, 0.15) is 11.6 Å². The maximum atomic E-state index is 13.6. The zero-order valence-corrected chi connectivity index (χ0v) is 9.56. The van der Waals surface area contributed by atoms with E-state index in [2.05, 4.69) is 0 Å². The number of rotatable bonds is 3. The van der Waals surface area contributed by atoms with Crippen molar-refractivity contribution in [3.63, 3.8) is 0 Å². The van der Waals surface area contributed by atoms with Crippen LogP contribution in [0.4, 0.5) is 14.5 Å². The Balaban J connectivity index is 2.37. The van der Waals surface area contributed by atoms with Gasteiger partial charge in [0.15, 0.2) is 11.6 Å². The van der Waals surface area contributed by atoms with Gasteiger partial charge >= 0.3 is 5.97 Å². The molecular weight excluding hydrogens is 256 g/mol. The van der Waals surface area contributed by atoms with Crippen LogP contribution in [0.3, 0.4) is 0 Å². The molecule has 0 aromatic heterocycles. The predicted molar refractivity (Wildman–Crippen MR) is 64.2 cm³/mol. The van der Waals surface area contributed by atoms with Gasteiger partial charge in [0.2, 0.25) is 0 Å². The van der Waals surface area contributed by atoms with Gasteiger partial charge in [-0.15, -0.1) is 0 Å². The molecule has 3 N–H and O–H groups in total. The minimum Gasteiger partial charge on any atom is -0.478 e. The van der Waals surface area contributed by atoms with E-state index in [-0.39, 0.29) is 22.7 Å². The van der Waals surface area contributed by atoms with Crippen molar-refractivity contribution < 1.29 is 23.4 Å². The number of aromatic carboxylic acids is 1. The summed E-state index contributed by atoms with van der Waals surface area (Å²) >= 11 is 0. The monoisotopic (exact) mass is 265 g/mol. The van der Waals surface area contributed by atoms with E-state index < -0.39 is 17.6 Å². The van der Waals surface area contributed by atoms with Crippen LogP contribution < -0.4 is 10.5 Å². The van der Waals surface area contributed by atoms with Crippen molar-refractivity contribution in [1.29, 1.82) is 0 Å². The lowest BCUT2D eigenvalue weighted by molar-refractivity contribution is 0.0697. The lowest BCUT2D eigenvalue weighted by Gasteiger charge is -2.09. The zero-order valence-electron chi connectivity index (χ0n) is 9.56. The zero-order chi connectivity index (χ0) is 14.0. The van der Waals surface area contributed by atoms with Crippen molar-refractivity contribution in [2.24, 2.45) is 0 Å². The second-order valence-electron chi connectivity index (χ2n) is 3.73. The third kappa shape index (κ3) is 2.79. The van der Waals surface area contributed by atoms with Gasteiger partial charge in [0.05, 0.1) is 5.56 Å². The van der Waals surface area contributed by atoms with Gasteiger partial charge in [-0.3, -0.25) is 0 Å². The molecule has 0 atom stereocenters. The minimum atomic E-state index is -1.29. The van der Waals surface area contributed by atoms with Crippen LogP contribution in [0, 0.1) is 11.6 Å². The summed E-state index contributed by atoms with van der Waals surface area (Å²) in [4.78, 5) is 10.9. The van der Waals surface area contributed by atoms with Crippen LogP contribution in [0.25, 0.3) is 0 Å². The highest BCUT2D eigenvalue weighted by molar-refractivity contribution is 5.94. The molecular formula is C13H9F2NO3. The van der Waals surface area contributed by atoms with E-state index in [1.165, 1.54) is 12.1 Å². The molecule has 2 aromatic rings. The van der Waals surface area contributed by atoms with Crippen LogP contribution in [0.1, 0.15) is 10.4 Å². The van der Waals surface area contributed by atoms with Crippen molar-refractivity contribution in [2.75, 3.05) is 5.73 Å². The molecule has 0 bridgehead atoms. The second kappa shape index (κ2) is 4.93. The topological polar surface area (TPSA) is 72.5 Å². The van der Waals surface area contributed by atoms with Gasteiger partial charge < -0.3 is 15.6 Å². The Morgan fingerprint density at radius 2 is 1.79 bits per heavy atom. The fourth-order valence-corrected chi connectivity index (χ4v) is 1.46. The van der Waals surface area contributed by atoms with Crippen molar-refractivity contribution in [3.05, 3.63) is 53.6 Å². The van der Waals surface area contributed by atoms with Crippen LogP contribution in [-0.2, 0) is 0 Å². The van der Waals surface area contributed by atoms with E-state index in [4.69, 9.17) is 15.6 Å². The summed E-state index contributed by atoms with van der Waals surface area (Å²) in [6.45, 7) is 0. The van der Waals surface area contributed by atoms with E-state index in [0.29, 0.717) is 0 Å². The molecule has 4 nitrogen and oxygen atoms in total. The summed E-state index contributed by atoms with van der Waals surface area (Å²) in [6, 6.07) is 6.72. The van der Waals surface area contributed by atoms with E-state index in [1.54, 1.807) is 0 Å². The van der Waals surface area contributed by atoms with E-state index >= 15 is 0 Å². The number of hydrogen-bond acceptors (Lipinski definition) is 3. The molecule has 0 fully saturated rings. The molecule has 0 radical (unpaired) electrons. The number of benzene rings is 2. The second-order valence-corrected chi connectivity index (χ2v) is 3.73. The molecule has 0 spiro atoms. The number of hydrogen-bond donors (Lipinski definition) is 2. The van der Waals surface area contributed by atoms with E-state index in [9.17, 15) is 13.6 Å². The SMILES string of the molecule is Nc1cc(F)c(Oc2ccc(F)cc2)cc1C(=O)O. The molecule has 0 aliphatic rings. The first kappa shape index (κ1) is 12.8. The summed E-state index contributed by atoms with van der Waals surface area (Å²) in [5.74, 6) is -2.66. The summed E-state index contributed by atoms with van der Waals surface area (Å²) < 4.78 is 31.4. The van der Waals surface area contributed by atoms with Gasteiger partial charge in [0, 0.05) is 17.8 Å². The van der Waals surface area contributed by atoms with Gasteiger partial charge in [-0.25, -0.2) is 13.6 Å². The molecule has 0 aliphatic heterocycles. The Labute approximate surface area is 107 Å². The Kier molecular flexibility index (Phi) is 3.33. The third-order valence-electron chi connectivity index (χ3n) is 2.38. The Morgan fingerprint density at radius 3 is 2.37 bits per heavy atom. The van der Waals surface area contributed by atoms with Gasteiger partial charge in [-0.2, -0.15) is 0 Å². The fourth-order valence-electron chi connectivity index (χ4n) is 1.46. The molecule has 0 heterocycles. The molecule has 0 amide bonds. The average Bonchev–Trinajstić information content (AvgIpc) is 2.34. The third-order valence-corrected chi connectivity index (χ3v) is 2.38. The first-order valence-electron chi connectivity index (χ1n) is 5.23. The van der Waals surface area contributed by atoms with Crippen LogP contribution in [0.5, 0.6) is 11.5 Å². The molecule has 98 valence electrons. The maximum absolute atomic E-state index is 13.6. The van der Waals surface area contributed by atoms with Gasteiger partial charge in [0.25, 0.3) is 0 Å². The van der Waals surface area contributed by atoms with Crippen LogP contribution in [0.2, 0.25) is 0 Å². The summed E-state index contributed by atoms with van der Waals surface area (Å²) in [5, 5.41) is 8.88. The van der Waals surface area contributed by atoms with Gasteiger partial charge in [-0.1, -0.05) is 0 Å². The first-order chi connectivity index (χ1) is 8.97. The van der Waals surface area contributed by atoms with Crippen LogP contribution >= 0.6 is 0 Å². The van der Waals surface area contributed by atoms with Crippen LogP contribution in [-0.4, -0.2) is 11.1 Å². The Bertz CT molecular complexity index is 627. The maximum Gasteiger partial charge on any atom is 0.337 e. The Hall–Kier alpha value is -2.63. The smallest absolute Gasteiger partial charge is 0.337 e. The summed E-state index contributed by atoms with van der Waals surface area (Å²) in [7, 11) is 0. The first-order valence-corrected chi connectivity index (χ1v) is 5.23. The lowest BCUT2D eigenvalue weighted by atomic mass is 10.1. The molecule has 0 saturated heterocycles. The number of ether oxygens (including phenoxy) is 1. The summed E-state index contributed by atoms with van der Waals surface area (Å²) in [5.41, 5.74) is 4.92. The molecule has 2 rings (SSSR count). The lowest BCUT2D eigenvalue weighted by Crippen LogP contribution is -2.04. The average molecular weight is 265 g/mol. The number of carboxylic acid groups (broad SMARTS) is 1. The van der Waals surface area contributed by atoms with Crippen LogP contribution in [0.15, 0.2) is 36.4 Å². The molecule has 19 heavy (non-hydrogen) atoms. The van der Waals surface area contributed by atoms with Crippen molar-refractivity contribution in [3.8, 4) is 11.5 Å². The molecule has 0 saturated carbocycles. The number of halogens is 2. The molecule has 6 heteroatoms. The predicted octanol–water partition coefficient (Wildman–Crippen LogP) is 3.04. The normalized spacial score (nSPS) is 10.2. The van der Waals surface area contributed by atoms with E-state index in [0.717, 1.165) is 24.3 Å². The standard InChI is InChI=1S/C13H9F2NO3/c14-7-1-3-8(4-2-7)19-12-5-9(13(17)18)11(16)6-10(12)15/h1-6H,16H2,(H,17,18). The molecule has 0 aliphatic carbocycles. The quantitative estimate of drug-likeness (QED) is 0.836. The van der Waals surface area contributed by atoms with Gasteiger partial charge in [-0.05, 0) is 24.3 Å². The number of nitrogen functional groups attached to an aromatic ring is 1. The Morgan fingerprint density at radius 1 is 1.16 bits per heavy atom. The number of carboxylic acids is 1. The van der Waals surface area contributed by atoms with Crippen molar-refractivity contribution in [1.82, 2.24) is 0 Å². The highest BCUT2D eigenvalue weighted by atomic mass is 19.1. The summed E-state index contributed by atoms with van der Waals surface area (Å²) in [6.07, 6.45) is 0. The number of anilines is 1. The van der Waals surface area contributed by atoms with Crippen molar-refractivity contribution in [2.45, 2.75) is 0 Å². The fraction of sp³-hybridized carbons (Fsp3) is 0. The van der Waals surface area contributed by atoms with E-state index in [1.807, 2.05) is 0 Å². The van der Waals surface area contributed by atoms with Crippen molar-refractivity contribution >= 4 is 11.7 Å². The molecule has 2 aromatic carbocycles. The molecule has 0 unspecified atom stereocenters. The number of nitrogens with two attached hydrogens (primary N) is 1.